The van der Waals surface area contributed by atoms with Gasteiger partial charge in [-0.05, 0) is 26.7 Å². The van der Waals surface area contributed by atoms with E-state index in [1.54, 1.807) is 4.90 Å². The predicted molar refractivity (Wildman–Crippen MR) is 73.6 cm³/mol. The first-order chi connectivity index (χ1) is 9.39. The molecule has 1 saturated heterocycles. The van der Waals surface area contributed by atoms with E-state index >= 15 is 0 Å². The van der Waals surface area contributed by atoms with Crippen LogP contribution in [0.3, 0.4) is 0 Å². The van der Waals surface area contributed by atoms with Crippen LogP contribution in [0, 0.1) is 0 Å². The lowest BCUT2D eigenvalue weighted by Crippen LogP contribution is -2.56. The van der Waals surface area contributed by atoms with Crippen molar-refractivity contribution in [2.45, 2.75) is 51.2 Å². The minimum absolute atomic E-state index is 0.0737. The molecule has 20 heavy (non-hydrogen) atoms. The summed E-state index contributed by atoms with van der Waals surface area (Å²) in [6.07, 6.45) is 3.96. The van der Waals surface area contributed by atoms with E-state index in [1.807, 2.05) is 13.8 Å². The SMILES string of the molecule is CC1(C)CN(C(=O)N(CC(=O)O)C2CCCC2)CCO1. The van der Waals surface area contributed by atoms with Crippen molar-refractivity contribution in [1.29, 1.82) is 0 Å². The molecule has 1 aliphatic heterocycles. The molecule has 0 aromatic carbocycles. The zero-order chi connectivity index (χ0) is 14.8. The Labute approximate surface area is 119 Å². The van der Waals surface area contributed by atoms with E-state index in [9.17, 15) is 9.59 Å². The number of carbonyl (C=O) groups is 2. The molecule has 0 spiro atoms. The first-order valence-electron chi connectivity index (χ1n) is 7.30. The highest BCUT2D eigenvalue weighted by atomic mass is 16.5. The van der Waals surface area contributed by atoms with Crippen molar-refractivity contribution in [1.82, 2.24) is 9.80 Å². The van der Waals surface area contributed by atoms with Crippen molar-refractivity contribution in [3.05, 3.63) is 0 Å². The fourth-order valence-electron chi connectivity index (χ4n) is 3.08. The van der Waals surface area contributed by atoms with Gasteiger partial charge in [0, 0.05) is 12.6 Å². The van der Waals surface area contributed by atoms with E-state index in [1.165, 1.54) is 4.90 Å². The maximum atomic E-state index is 12.6. The average Bonchev–Trinajstić information content (AvgIpc) is 2.87. The minimum atomic E-state index is -0.947. The van der Waals surface area contributed by atoms with Crippen LogP contribution < -0.4 is 0 Å². The summed E-state index contributed by atoms with van der Waals surface area (Å²) in [7, 11) is 0. The highest BCUT2D eigenvalue weighted by Crippen LogP contribution is 2.25. The Bertz CT molecular complexity index is 377. The molecule has 2 rings (SSSR count). The molecular weight excluding hydrogens is 260 g/mol. The molecule has 2 fully saturated rings. The van der Waals surface area contributed by atoms with Crippen LogP contribution in [0.15, 0.2) is 0 Å². The van der Waals surface area contributed by atoms with Crippen molar-refractivity contribution in [3.63, 3.8) is 0 Å². The Kier molecular flexibility index (Phi) is 4.52. The number of hydrogen-bond donors (Lipinski definition) is 1. The van der Waals surface area contributed by atoms with Crippen LogP contribution in [-0.4, -0.2) is 64.8 Å². The second-order valence-electron chi connectivity index (χ2n) is 6.27. The molecular formula is C14H24N2O4. The van der Waals surface area contributed by atoms with Gasteiger partial charge in [0.15, 0.2) is 0 Å². The Morgan fingerprint density at radius 2 is 2.00 bits per heavy atom. The number of rotatable bonds is 3. The molecule has 0 atom stereocenters. The summed E-state index contributed by atoms with van der Waals surface area (Å²) in [6, 6.07) is -0.0831. The summed E-state index contributed by atoms with van der Waals surface area (Å²) in [5, 5.41) is 9.06. The summed E-state index contributed by atoms with van der Waals surface area (Å²) < 4.78 is 5.60. The number of carboxylic acids is 1. The normalized spacial score (nSPS) is 22.8. The molecule has 0 bridgehead atoms. The lowest BCUT2D eigenvalue weighted by atomic mass is 10.1. The number of morpholine rings is 1. The smallest absolute Gasteiger partial charge is 0.323 e. The molecule has 0 aromatic heterocycles. The van der Waals surface area contributed by atoms with Crippen LogP contribution in [0.4, 0.5) is 4.79 Å². The van der Waals surface area contributed by atoms with Crippen molar-refractivity contribution in [2.75, 3.05) is 26.2 Å². The van der Waals surface area contributed by atoms with Gasteiger partial charge in [-0.3, -0.25) is 4.79 Å². The first kappa shape index (κ1) is 15.1. The quantitative estimate of drug-likeness (QED) is 0.853. The topological polar surface area (TPSA) is 70.1 Å². The third-order valence-electron chi connectivity index (χ3n) is 4.01. The number of amides is 2. The fraction of sp³-hybridized carbons (Fsp3) is 0.857. The van der Waals surface area contributed by atoms with Gasteiger partial charge < -0.3 is 19.6 Å². The van der Waals surface area contributed by atoms with E-state index in [2.05, 4.69) is 0 Å². The number of nitrogens with zero attached hydrogens (tertiary/aromatic N) is 2. The highest BCUT2D eigenvalue weighted by Gasteiger charge is 2.36. The standard InChI is InChI=1S/C14H24N2O4/c1-14(2)10-15(7-8-20-14)13(19)16(9-12(17)18)11-5-3-4-6-11/h11H,3-10H2,1-2H3,(H,17,18). The van der Waals surface area contributed by atoms with Crippen molar-refractivity contribution in [3.8, 4) is 0 Å². The summed E-state index contributed by atoms with van der Waals surface area (Å²) in [5.41, 5.74) is -0.363. The number of ether oxygens (including phenoxy) is 1. The van der Waals surface area contributed by atoms with Crippen molar-refractivity contribution in [2.24, 2.45) is 0 Å². The van der Waals surface area contributed by atoms with Crippen LogP contribution in [0.25, 0.3) is 0 Å². The summed E-state index contributed by atoms with van der Waals surface area (Å²) in [4.78, 5) is 27.0. The molecule has 114 valence electrons. The Hall–Kier alpha value is -1.30. The maximum Gasteiger partial charge on any atom is 0.323 e. The Morgan fingerprint density at radius 3 is 2.55 bits per heavy atom. The van der Waals surface area contributed by atoms with Gasteiger partial charge in [0.1, 0.15) is 6.54 Å². The largest absolute Gasteiger partial charge is 0.480 e. The molecule has 1 N–H and O–H groups in total. The highest BCUT2D eigenvalue weighted by molar-refractivity contribution is 5.80. The number of aliphatic carboxylic acids is 1. The van der Waals surface area contributed by atoms with Gasteiger partial charge in [-0.2, -0.15) is 0 Å². The molecule has 1 aliphatic carbocycles. The van der Waals surface area contributed by atoms with Crippen LogP contribution in [0.2, 0.25) is 0 Å². The molecule has 6 nitrogen and oxygen atoms in total. The van der Waals surface area contributed by atoms with E-state index in [-0.39, 0.29) is 24.2 Å². The summed E-state index contributed by atoms with van der Waals surface area (Å²) in [6.45, 7) is 5.23. The predicted octanol–water partition coefficient (Wildman–Crippen LogP) is 1.55. The van der Waals surface area contributed by atoms with Crippen molar-refractivity contribution >= 4 is 12.0 Å². The molecule has 0 radical (unpaired) electrons. The van der Waals surface area contributed by atoms with Crippen LogP contribution >= 0.6 is 0 Å². The third-order valence-corrected chi connectivity index (χ3v) is 4.01. The van der Waals surface area contributed by atoms with Crippen LogP contribution in [0.5, 0.6) is 0 Å². The second-order valence-corrected chi connectivity index (χ2v) is 6.27. The number of urea groups is 1. The van der Waals surface area contributed by atoms with E-state index in [0.717, 1.165) is 25.7 Å². The van der Waals surface area contributed by atoms with Gasteiger partial charge in [-0.25, -0.2) is 4.79 Å². The number of hydrogen-bond acceptors (Lipinski definition) is 3. The van der Waals surface area contributed by atoms with E-state index < -0.39 is 5.97 Å². The number of carboxylic acid groups (broad SMARTS) is 1. The zero-order valence-corrected chi connectivity index (χ0v) is 12.3. The van der Waals surface area contributed by atoms with Gasteiger partial charge in [-0.1, -0.05) is 12.8 Å². The zero-order valence-electron chi connectivity index (χ0n) is 12.3. The maximum absolute atomic E-state index is 12.6. The van der Waals surface area contributed by atoms with Gasteiger partial charge in [-0.15, -0.1) is 0 Å². The molecule has 1 saturated carbocycles. The van der Waals surface area contributed by atoms with E-state index in [4.69, 9.17) is 9.84 Å². The number of carbonyl (C=O) groups excluding carboxylic acids is 1. The first-order valence-corrected chi connectivity index (χ1v) is 7.30. The van der Waals surface area contributed by atoms with Gasteiger partial charge in [0.05, 0.1) is 18.8 Å². The Morgan fingerprint density at radius 1 is 1.35 bits per heavy atom. The van der Waals surface area contributed by atoms with Gasteiger partial charge in [0.25, 0.3) is 0 Å². The average molecular weight is 284 g/mol. The van der Waals surface area contributed by atoms with Gasteiger partial charge >= 0.3 is 12.0 Å². The lowest BCUT2D eigenvalue weighted by molar-refractivity contribution is -0.138. The van der Waals surface area contributed by atoms with Crippen molar-refractivity contribution < 1.29 is 19.4 Å². The summed E-state index contributed by atoms with van der Waals surface area (Å²) >= 11 is 0. The molecule has 2 amide bonds. The lowest BCUT2D eigenvalue weighted by Gasteiger charge is -2.41. The third kappa shape index (κ3) is 3.62. The van der Waals surface area contributed by atoms with Crippen LogP contribution in [0.1, 0.15) is 39.5 Å². The monoisotopic (exact) mass is 284 g/mol. The Balaban J connectivity index is 2.06. The molecule has 2 aliphatic rings. The molecule has 0 aromatic rings. The fourth-order valence-corrected chi connectivity index (χ4v) is 3.08. The molecule has 0 unspecified atom stereocenters. The summed E-state index contributed by atoms with van der Waals surface area (Å²) in [5.74, 6) is -0.947. The molecule has 6 heteroatoms. The minimum Gasteiger partial charge on any atom is -0.480 e. The second kappa shape index (κ2) is 5.99. The van der Waals surface area contributed by atoms with E-state index in [0.29, 0.717) is 19.7 Å². The molecule has 1 heterocycles. The van der Waals surface area contributed by atoms with Gasteiger partial charge in [0.2, 0.25) is 0 Å². The van der Waals surface area contributed by atoms with Crippen LogP contribution in [-0.2, 0) is 9.53 Å².